The van der Waals surface area contributed by atoms with Gasteiger partial charge in [-0.1, -0.05) is 52.7 Å². The van der Waals surface area contributed by atoms with Gasteiger partial charge in [-0.25, -0.2) is 0 Å². The molecule has 146 valence electrons. The highest BCUT2D eigenvalue weighted by atomic mass is 32.1. The molecule has 0 radical (unpaired) electrons. The average Bonchev–Trinajstić information content (AvgIpc) is 2.47. The first-order valence-corrected chi connectivity index (χ1v) is 13.6. The van der Waals surface area contributed by atoms with Crippen LogP contribution in [0.4, 0.5) is 0 Å². The number of rotatable bonds is 16. The van der Waals surface area contributed by atoms with Crippen molar-refractivity contribution in [3.05, 3.63) is 0 Å². The topological polar surface area (TPSA) is 24.9 Å². The van der Waals surface area contributed by atoms with Gasteiger partial charge < -0.3 is 9.05 Å². The second-order valence-corrected chi connectivity index (χ2v) is 12.4. The van der Waals surface area contributed by atoms with Crippen molar-refractivity contribution in [2.75, 3.05) is 58.2 Å². The van der Waals surface area contributed by atoms with E-state index in [1.807, 2.05) is 25.2 Å². The fourth-order valence-corrected chi connectivity index (χ4v) is 8.08. The summed E-state index contributed by atoms with van der Waals surface area (Å²) in [4.78, 5) is 2.56. The lowest BCUT2D eigenvalue weighted by atomic mass is 10.4. The monoisotopic (exact) mass is 398 g/mol. The summed E-state index contributed by atoms with van der Waals surface area (Å²) in [5.41, 5.74) is 0. The van der Waals surface area contributed by atoms with Crippen LogP contribution in [-0.2, 0) is 9.05 Å². The van der Waals surface area contributed by atoms with Gasteiger partial charge in [0, 0.05) is 19.4 Å². The summed E-state index contributed by atoms with van der Waals surface area (Å²) in [5.74, 6) is 0. The van der Waals surface area contributed by atoms with Crippen molar-refractivity contribution < 1.29 is 9.05 Å². The van der Waals surface area contributed by atoms with E-state index in [0.29, 0.717) is 13.2 Å². The molecule has 0 saturated heterocycles. The van der Waals surface area contributed by atoms with Crippen LogP contribution in [-0.4, -0.2) is 73.8 Å². The molecule has 0 heterocycles. The minimum Gasteiger partial charge on any atom is -0.333 e. The van der Waals surface area contributed by atoms with Gasteiger partial charge in [-0.2, -0.15) is 0 Å². The van der Waals surface area contributed by atoms with E-state index in [2.05, 4.69) is 31.6 Å². The Hall–Kier alpha value is 0.920. The highest BCUT2D eigenvalue weighted by Crippen LogP contribution is 2.48. The maximum Gasteiger partial charge on any atom is 0.185 e. The Bertz CT molecular complexity index is 331. The highest BCUT2D eigenvalue weighted by Gasteiger charge is 2.21. The maximum atomic E-state index is 5.84. The normalized spacial score (nSPS) is 12.7. The molecule has 7 heteroatoms. The predicted octanol–water partition coefficient (Wildman–Crippen LogP) is 5.02. The Kier molecular flexibility index (Phi) is 15.6. The van der Waals surface area contributed by atoms with E-state index in [9.17, 15) is 0 Å². The summed E-state index contributed by atoms with van der Waals surface area (Å²) >= 11 is 4.35. The van der Waals surface area contributed by atoms with Gasteiger partial charge in [0.2, 0.25) is 0 Å². The third kappa shape index (κ3) is 12.3. The van der Waals surface area contributed by atoms with Gasteiger partial charge in [-0.15, -0.1) is 0 Å². The SMILES string of the molecule is C=P(CCC)(CCC)CN(CCCN(C)S)CP(OCC)OCC. The highest BCUT2D eigenvalue weighted by molar-refractivity contribution is 7.77. The molecule has 0 N–H and O–H groups in total. The minimum atomic E-state index is -1.14. The minimum absolute atomic E-state index is 0.716. The average molecular weight is 399 g/mol. The fraction of sp³-hybridized carbons (Fsp3) is 0.941. The molecule has 0 aromatic carbocycles. The van der Waals surface area contributed by atoms with Crippen molar-refractivity contribution >= 4 is 34.4 Å². The van der Waals surface area contributed by atoms with Crippen molar-refractivity contribution in [2.24, 2.45) is 0 Å². The zero-order valence-corrected chi connectivity index (χ0v) is 19.2. The molecule has 0 saturated carbocycles. The van der Waals surface area contributed by atoms with Gasteiger partial charge in [-0.3, -0.25) is 9.21 Å². The molecule has 0 fully saturated rings. The van der Waals surface area contributed by atoms with Crippen LogP contribution in [0.15, 0.2) is 0 Å². The van der Waals surface area contributed by atoms with Gasteiger partial charge in [0.15, 0.2) is 8.38 Å². The van der Waals surface area contributed by atoms with Crippen molar-refractivity contribution in [2.45, 2.75) is 47.0 Å². The Morgan fingerprint density at radius 1 is 1.00 bits per heavy atom. The molecule has 0 aliphatic rings. The van der Waals surface area contributed by atoms with Gasteiger partial charge in [0.05, 0.1) is 19.5 Å². The molecule has 4 nitrogen and oxygen atoms in total. The number of hydrogen-bond donors (Lipinski definition) is 1. The smallest absolute Gasteiger partial charge is 0.185 e. The summed E-state index contributed by atoms with van der Waals surface area (Å²) < 4.78 is 13.6. The Morgan fingerprint density at radius 3 is 1.96 bits per heavy atom. The van der Waals surface area contributed by atoms with E-state index in [1.54, 1.807) is 0 Å². The van der Waals surface area contributed by atoms with E-state index in [0.717, 1.165) is 32.1 Å². The van der Waals surface area contributed by atoms with E-state index >= 15 is 0 Å². The van der Waals surface area contributed by atoms with Crippen LogP contribution in [0.2, 0.25) is 0 Å². The summed E-state index contributed by atoms with van der Waals surface area (Å²) in [6.07, 6.45) is 12.9. The molecule has 0 spiro atoms. The molecule has 0 amide bonds. The third-order valence-corrected chi connectivity index (χ3v) is 9.43. The Morgan fingerprint density at radius 2 is 1.54 bits per heavy atom. The van der Waals surface area contributed by atoms with Crippen molar-refractivity contribution in [3.8, 4) is 0 Å². The first kappa shape index (κ1) is 24.9. The van der Waals surface area contributed by atoms with Crippen molar-refractivity contribution in [3.63, 3.8) is 0 Å². The zero-order valence-electron chi connectivity index (χ0n) is 16.5. The first-order valence-electron chi connectivity index (χ1n) is 9.26. The van der Waals surface area contributed by atoms with E-state index < -0.39 is 15.3 Å². The number of hydrogen-bond acceptors (Lipinski definition) is 5. The van der Waals surface area contributed by atoms with Crippen molar-refractivity contribution in [1.82, 2.24) is 9.21 Å². The van der Waals surface area contributed by atoms with E-state index in [1.165, 1.54) is 25.2 Å². The standard InChI is InChI=1S/C17H40N2O2P2S/c1-7-14-23(6,15-8-2)17-19(13-11-12-18(5)24)16-22(20-9-3)21-10-4/h24H,6-17H2,1-5H3. The van der Waals surface area contributed by atoms with Crippen LogP contribution in [0.3, 0.4) is 0 Å². The van der Waals surface area contributed by atoms with Crippen LogP contribution in [0.25, 0.3) is 0 Å². The molecular formula is C17H40N2O2P2S. The van der Waals surface area contributed by atoms with Gasteiger partial charge in [0.1, 0.15) is 0 Å². The molecule has 0 rings (SSSR count). The number of nitrogens with zero attached hydrogens (tertiary/aromatic N) is 2. The zero-order chi connectivity index (χ0) is 18.4. The van der Waals surface area contributed by atoms with Gasteiger partial charge >= 0.3 is 0 Å². The Balaban J connectivity index is 4.89. The summed E-state index contributed by atoms with van der Waals surface area (Å²) in [5, 5.41) is 0. The first-order chi connectivity index (χ1) is 11.4. The lowest BCUT2D eigenvalue weighted by Gasteiger charge is -2.33. The van der Waals surface area contributed by atoms with Gasteiger partial charge in [0.25, 0.3) is 0 Å². The van der Waals surface area contributed by atoms with Crippen LogP contribution in [0, 0.1) is 0 Å². The number of thiol groups is 1. The predicted molar refractivity (Wildman–Crippen MR) is 117 cm³/mol. The quantitative estimate of drug-likeness (QED) is 0.291. The summed E-state index contributed by atoms with van der Waals surface area (Å²) in [7, 11) is 1.19. The maximum absolute atomic E-state index is 5.84. The molecule has 0 bridgehead atoms. The summed E-state index contributed by atoms with van der Waals surface area (Å²) in [6.45, 7) is 11.0. The second kappa shape index (κ2) is 15.0. The molecule has 0 aromatic rings. The molecule has 0 atom stereocenters. The molecule has 0 aliphatic carbocycles. The van der Waals surface area contributed by atoms with E-state index in [-0.39, 0.29) is 0 Å². The van der Waals surface area contributed by atoms with Crippen LogP contribution in [0.5, 0.6) is 0 Å². The van der Waals surface area contributed by atoms with Gasteiger partial charge in [-0.05, 0) is 39.6 Å². The van der Waals surface area contributed by atoms with Crippen LogP contribution >= 0.6 is 28.1 Å². The fourth-order valence-electron chi connectivity index (χ4n) is 2.91. The second-order valence-electron chi connectivity index (χ2n) is 6.37. The lowest BCUT2D eigenvalue weighted by Crippen LogP contribution is -2.30. The Labute approximate surface area is 158 Å². The van der Waals surface area contributed by atoms with E-state index in [4.69, 9.17) is 15.3 Å². The molecular weight excluding hydrogens is 358 g/mol. The largest absolute Gasteiger partial charge is 0.333 e. The van der Waals surface area contributed by atoms with Crippen molar-refractivity contribution in [1.29, 1.82) is 0 Å². The van der Waals surface area contributed by atoms with Crippen LogP contribution in [0.1, 0.15) is 47.0 Å². The molecule has 0 aliphatic heterocycles. The molecule has 0 aromatic heterocycles. The molecule has 0 unspecified atom stereocenters. The molecule has 24 heavy (non-hydrogen) atoms. The summed E-state index contributed by atoms with van der Waals surface area (Å²) in [6, 6.07) is 0. The lowest BCUT2D eigenvalue weighted by molar-refractivity contribution is 0.245. The van der Waals surface area contributed by atoms with Crippen LogP contribution < -0.4 is 0 Å². The third-order valence-electron chi connectivity index (χ3n) is 3.71.